The van der Waals surface area contributed by atoms with Gasteiger partial charge in [0.1, 0.15) is 11.4 Å². The summed E-state index contributed by atoms with van der Waals surface area (Å²) in [6.45, 7) is 0.583. The summed E-state index contributed by atoms with van der Waals surface area (Å²) in [7, 11) is 1.74. The molecule has 1 heterocycles. The van der Waals surface area contributed by atoms with Gasteiger partial charge in [-0.3, -0.25) is 4.79 Å². The topological polar surface area (TPSA) is 105 Å². The first-order valence-electron chi connectivity index (χ1n) is 10.8. The normalized spacial score (nSPS) is 10.2. The number of nitrogens with zero attached hydrogens (tertiary/aromatic N) is 3. The molecule has 0 radical (unpaired) electrons. The third kappa shape index (κ3) is 6.42. The molecule has 7 nitrogen and oxygen atoms in total. The molecule has 1 amide bonds. The summed E-state index contributed by atoms with van der Waals surface area (Å²) < 4.78 is 5.84. The molecule has 0 atom stereocenters. The first kappa shape index (κ1) is 25.8. The Kier molecular flexibility index (Phi) is 8.91. The molecule has 0 saturated carbocycles. The van der Waals surface area contributed by atoms with Crippen molar-refractivity contribution in [2.75, 3.05) is 24.3 Å². The van der Waals surface area contributed by atoms with Crippen LogP contribution in [0.3, 0.4) is 0 Å². The number of amides is 1. The highest BCUT2D eigenvalue weighted by Gasteiger charge is 2.15. The van der Waals surface area contributed by atoms with Crippen molar-refractivity contribution >= 4 is 47.1 Å². The second-order valence-electron chi connectivity index (χ2n) is 7.76. The second kappa shape index (κ2) is 12.1. The summed E-state index contributed by atoms with van der Waals surface area (Å²) in [4.78, 5) is 18.8. The number of hydrogen-bond acceptors (Lipinski definition) is 6. The van der Waals surface area contributed by atoms with Crippen LogP contribution in [0.1, 0.15) is 17.3 Å². The van der Waals surface area contributed by atoms with E-state index in [2.05, 4.69) is 22.2 Å². The molecular formula is C27H28IN5O2. The summed E-state index contributed by atoms with van der Waals surface area (Å²) in [5.74, 6) is 0.806. The first-order chi connectivity index (χ1) is 16.5. The molecule has 3 aromatic carbocycles. The lowest BCUT2D eigenvalue weighted by Crippen LogP contribution is -2.26. The van der Waals surface area contributed by atoms with Crippen LogP contribution in [0, 0.1) is 5.53 Å². The minimum Gasteiger partial charge on any atom is -0.493 e. The number of aromatic nitrogens is 1. The highest BCUT2D eigenvalue weighted by molar-refractivity contribution is 14.0. The van der Waals surface area contributed by atoms with Gasteiger partial charge in [0.25, 0.3) is 5.91 Å². The number of halogens is 1. The number of nitrogens with two attached hydrogens (primary N) is 1. The number of nitrogen functional groups attached to an aromatic ring is 1. The van der Waals surface area contributed by atoms with Gasteiger partial charge in [-0.15, -0.1) is 24.0 Å². The van der Waals surface area contributed by atoms with Gasteiger partial charge in [-0.25, -0.2) is 10.5 Å². The van der Waals surface area contributed by atoms with E-state index in [0.29, 0.717) is 12.2 Å². The Morgan fingerprint density at radius 2 is 1.77 bits per heavy atom. The predicted octanol–water partition coefficient (Wildman–Crippen LogP) is 6.76. The molecule has 0 aliphatic heterocycles. The van der Waals surface area contributed by atoms with E-state index < -0.39 is 0 Å². The third-order valence-corrected chi connectivity index (χ3v) is 5.49. The van der Waals surface area contributed by atoms with Gasteiger partial charge in [-0.2, -0.15) is 5.11 Å². The zero-order chi connectivity index (χ0) is 23.9. The highest BCUT2D eigenvalue weighted by atomic mass is 127. The molecule has 0 spiro atoms. The largest absolute Gasteiger partial charge is 0.493 e. The van der Waals surface area contributed by atoms with Crippen LogP contribution in [0.4, 0.5) is 17.2 Å². The Labute approximate surface area is 223 Å². The predicted molar refractivity (Wildman–Crippen MR) is 151 cm³/mol. The maximum Gasteiger partial charge on any atom is 0.258 e. The van der Waals surface area contributed by atoms with Gasteiger partial charge in [0, 0.05) is 37.9 Å². The summed E-state index contributed by atoms with van der Waals surface area (Å²) >= 11 is 0. The molecule has 180 valence electrons. The molecule has 0 saturated heterocycles. The van der Waals surface area contributed by atoms with Crippen LogP contribution < -0.4 is 15.4 Å². The molecule has 0 unspecified atom stereocenters. The standard InChI is InChI=1S/C27H25N5O2.HI.H2/c1-32(23-10-12-24(13-11-23)34-15-14-19-6-3-2-4-7-19)27(33)21-9-5-8-20(16-21)22-17-25(31-29)26(28)30-18-22;;/h2-13,16-18,29H,14-15H2,1H3,(H2,28,30);2*1H. The van der Waals surface area contributed by atoms with E-state index in [1.165, 1.54) is 5.56 Å². The van der Waals surface area contributed by atoms with Crippen LogP contribution in [-0.2, 0) is 6.42 Å². The fourth-order valence-electron chi connectivity index (χ4n) is 3.55. The summed E-state index contributed by atoms with van der Waals surface area (Å²) in [6.07, 6.45) is 2.44. The molecule has 4 aromatic rings. The second-order valence-corrected chi connectivity index (χ2v) is 7.76. The molecule has 0 aliphatic rings. The van der Waals surface area contributed by atoms with Crippen LogP contribution >= 0.6 is 24.0 Å². The molecule has 1 aromatic heterocycles. The highest BCUT2D eigenvalue weighted by Crippen LogP contribution is 2.28. The molecule has 35 heavy (non-hydrogen) atoms. The SMILES string of the molecule is CN(C(=O)c1cccc(-c2cnc(N)c(N=N)c2)c1)c1ccc(OCCc2ccccc2)cc1.I.[HH]. The van der Waals surface area contributed by atoms with Gasteiger partial charge in [0.15, 0.2) is 5.82 Å². The number of benzene rings is 3. The lowest BCUT2D eigenvalue weighted by atomic mass is 10.0. The van der Waals surface area contributed by atoms with E-state index in [0.717, 1.165) is 29.0 Å². The molecule has 4 rings (SSSR count). The van der Waals surface area contributed by atoms with Gasteiger partial charge < -0.3 is 15.4 Å². The maximum absolute atomic E-state index is 13.1. The van der Waals surface area contributed by atoms with Crippen LogP contribution in [-0.4, -0.2) is 24.5 Å². The number of ether oxygens (including phenoxy) is 1. The van der Waals surface area contributed by atoms with Crippen molar-refractivity contribution in [3.63, 3.8) is 0 Å². The Morgan fingerprint density at radius 3 is 2.49 bits per heavy atom. The fraction of sp³-hybridized carbons (Fsp3) is 0.111. The Morgan fingerprint density at radius 1 is 1.03 bits per heavy atom. The number of carbonyl (C=O) groups is 1. The van der Waals surface area contributed by atoms with Gasteiger partial charge >= 0.3 is 0 Å². The molecule has 0 fully saturated rings. The average molecular weight is 581 g/mol. The molecule has 8 heteroatoms. The summed E-state index contributed by atoms with van der Waals surface area (Å²) in [5, 5.41) is 3.40. The molecule has 0 bridgehead atoms. The van der Waals surface area contributed by atoms with E-state index >= 15 is 0 Å². The van der Waals surface area contributed by atoms with E-state index in [4.69, 9.17) is 16.0 Å². The first-order valence-corrected chi connectivity index (χ1v) is 10.8. The average Bonchev–Trinajstić information content (AvgIpc) is 2.89. The summed E-state index contributed by atoms with van der Waals surface area (Å²) in [5.41, 5.74) is 17.3. The van der Waals surface area contributed by atoms with Crippen molar-refractivity contribution in [1.29, 1.82) is 5.53 Å². The quantitative estimate of drug-likeness (QED) is 0.177. The van der Waals surface area contributed by atoms with Crippen molar-refractivity contribution < 1.29 is 11.0 Å². The van der Waals surface area contributed by atoms with E-state index in [9.17, 15) is 4.79 Å². The number of hydrogen-bond donors (Lipinski definition) is 2. The van der Waals surface area contributed by atoms with Crippen molar-refractivity contribution in [2.45, 2.75) is 6.42 Å². The summed E-state index contributed by atoms with van der Waals surface area (Å²) in [6, 6.07) is 26.6. The zero-order valence-electron chi connectivity index (χ0n) is 19.2. The Balaban J connectivity index is 0.00000228. The minimum absolute atomic E-state index is 0. The fourth-order valence-corrected chi connectivity index (χ4v) is 3.55. The van der Waals surface area contributed by atoms with Crippen molar-refractivity contribution in [1.82, 2.24) is 4.98 Å². The van der Waals surface area contributed by atoms with Crippen molar-refractivity contribution in [3.8, 4) is 16.9 Å². The van der Waals surface area contributed by atoms with Crippen LogP contribution in [0.2, 0.25) is 0 Å². The maximum atomic E-state index is 13.1. The molecule has 3 N–H and O–H groups in total. The smallest absolute Gasteiger partial charge is 0.258 e. The van der Waals surface area contributed by atoms with Gasteiger partial charge in [-0.1, -0.05) is 42.5 Å². The van der Waals surface area contributed by atoms with Crippen LogP contribution in [0.25, 0.3) is 11.1 Å². The molecule has 0 aliphatic carbocycles. The zero-order valence-corrected chi connectivity index (χ0v) is 21.5. The van der Waals surface area contributed by atoms with Gasteiger partial charge in [0.05, 0.1) is 6.61 Å². The lowest BCUT2D eigenvalue weighted by Gasteiger charge is -2.18. The van der Waals surface area contributed by atoms with Crippen molar-refractivity contribution in [2.24, 2.45) is 5.11 Å². The van der Waals surface area contributed by atoms with Gasteiger partial charge in [-0.05, 0) is 53.6 Å². The number of nitrogens with one attached hydrogen (secondary N) is 1. The minimum atomic E-state index is -0.145. The van der Waals surface area contributed by atoms with Crippen molar-refractivity contribution in [3.05, 3.63) is 102 Å². The Bertz CT molecular complexity index is 1300. The van der Waals surface area contributed by atoms with Crippen LogP contribution in [0.5, 0.6) is 5.75 Å². The number of pyridine rings is 1. The molecular weight excluding hydrogens is 553 g/mol. The van der Waals surface area contributed by atoms with E-state index in [-0.39, 0.29) is 42.8 Å². The van der Waals surface area contributed by atoms with Gasteiger partial charge in [0.2, 0.25) is 0 Å². The van der Waals surface area contributed by atoms with E-state index in [1.807, 2.05) is 54.6 Å². The number of carbonyl (C=O) groups excluding carboxylic acids is 1. The van der Waals surface area contributed by atoms with E-state index in [1.54, 1.807) is 36.3 Å². The number of anilines is 2. The lowest BCUT2D eigenvalue weighted by molar-refractivity contribution is 0.0993. The van der Waals surface area contributed by atoms with Crippen LogP contribution in [0.15, 0.2) is 96.2 Å². The number of rotatable bonds is 8. The Hall–Kier alpha value is -3.79. The monoisotopic (exact) mass is 581 g/mol. The third-order valence-electron chi connectivity index (χ3n) is 5.49.